The van der Waals surface area contributed by atoms with E-state index in [0.29, 0.717) is 11.3 Å². The van der Waals surface area contributed by atoms with Crippen LogP contribution in [0, 0.1) is 11.8 Å². The van der Waals surface area contributed by atoms with E-state index >= 15 is 0 Å². The highest BCUT2D eigenvalue weighted by Gasteiger charge is 2.45. The number of carbonyl (C=O) groups is 2. The van der Waals surface area contributed by atoms with E-state index < -0.39 is 54.3 Å². The molecule has 0 saturated heterocycles. The molecule has 0 fully saturated rings. The Morgan fingerprint density at radius 3 is 2.11 bits per heavy atom. The van der Waals surface area contributed by atoms with Crippen LogP contribution in [0.1, 0.15) is 38.8 Å². The van der Waals surface area contributed by atoms with Crippen LogP contribution >= 0.6 is 0 Å². The Kier molecular flexibility index (Phi) is 8.44. The van der Waals surface area contributed by atoms with Crippen molar-refractivity contribution in [2.75, 3.05) is 7.11 Å². The van der Waals surface area contributed by atoms with E-state index in [9.17, 15) is 27.9 Å². The van der Waals surface area contributed by atoms with Gasteiger partial charge < -0.3 is 20.9 Å². The molecule has 0 aromatic heterocycles. The number of methoxy groups -OCH3 is 1. The molecule has 0 aliphatic rings. The molecule has 0 bridgehead atoms. The first-order valence-electron chi connectivity index (χ1n) is 8.85. The quantitative estimate of drug-likeness (QED) is 0.587. The number of nitrogens with one attached hydrogen (secondary N) is 1. The summed E-state index contributed by atoms with van der Waals surface area (Å²) in [7, 11) is 1.46. The first kappa shape index (κ1) is 23.9. The van der Waals surface area contributed by atoms with E-state index in [2.05, 4.69) is 5.32 Å². The zero-order valence-electron chi connectivity index (χ0n) is 16.3. The lowest BCUT2D eigenvalue weighted by atomic mass is 9.83. The number of halogens is 3. The summed E-state index contributed by atoms with van der Waals surface area (Å²) in [5, 5.41) is 12.1. The minimum atomic E-state index is -4.85. The molecule has 1 amide bonds. The molecular formula is C19H27F3N2O4. The number of nitrogens with two attached hydrogens (primary N) is 1. The highest BCUT2D eigenvalue weighted by molar-refractivity contribution is 5.91. The lowest BCUT2D eigenvalue weighted by Crippen LogP contribution is -2.45. The SMILES string of the molecule is COc1ccc([C@H](NC(=O)[C@H](C)N)C(=O)C[C@@H](C(C)C)[C@H](O)C(F)(F)F)cc1. The van der Waals surface area contributed by atoms with Gasteiger partial charge in [-0.1, -0.05) is 26.0 Å². The Morgan fingerprint density at radius 1 is 1.18 bits per heavy atom. The molecule has 0 heterocycles. The van der Waals surface area contributed by atoms with Gasteiger partial charge in [-0.25, -0.2) is 0 Å². The number of ether oxygens (including phenoxy) is 1. The Balaban J connectivity index is 3.16. The molecule has 28 heavy (non-hydrogen) atoms. The molecule has 4 N–H and O–H groups in total. The van der Waals surface area contributed by atoms with Crippen molar-refractivity contribution in [3.8, 4) is 5.75 Å². The Bertz CT molecular complexity index is 660. The number of benzene rings is 1. The van der Waals surface area contributed by atoms with Crippen LogP contribution in [0.2, 0.25) is 0 Å². The van der Waals surface area contributed by atoms with Gasteiger partial charge in [-0.15, -0.1) is 0 Å². The maximum absolute atomic E-state index is 13.0. The molecule has 6 nitrogen and oxygen atoms in total. The second-order valence-electron chi connectivity index (χ2n) is 7.07. The summed E-state index contributed by atoms with van der Waals surface area (Å²) < 4.78 is 44.0. The fourth-order valence-corrected chi connectivity index (χ4v) is 2.72. The van der Waals surface area contributed by atoms with Crippen LogP contribution in [-0.4, -0.2) is 42.2 Å². The Labute approximate surface area is 162 Å². The average molecular weight is 404 g/mol. The Morgan fingerprint density at radius 2 is 1.71 bits per heavy atom. The standard InChI is InChI=1S/C19H27F3N2O4/c1-10(2)14(17(26)19(20,21)22)9-15(25)16(24-18(27)11(3)23)12-5-7-13(28-4)8-6-12/h5-8,10-11,14,16-17,26H,9,23H2,1-4H3,(H,24,27)/t11-,14-,16-,17-/m0/s1. The zero-order valence-corrected chi connectivity index (χ0v) is 16.3. The van der Waals surface area contributed by atoms with Crippen LogP contribution in [0.3, 0.4) is 0 Å². The topological polar surface area (TPSA) is 102 Å². The van der Waals surface area contributed by atoms with Gasteiger partial charge in [-0.2, -0.15) is 13.2 Å². The lowest BCUT2D eigenvalue weighted by molar-refractivity contribution is -0.224. The van der Waals surface area contributed by atoms with Crippen LogP contribution in [0.4, 0.5) is 13.2 Å². The van der Waals surface area contributed by atoms with Crippen molar-refractivity contribution in [1.82, 2.24) is 5.32 Å². The molecule has 0 saturated carbocycles. The third kappa shape index (κ3) is 6.49. The molecule has 9 heteroatoms. The monoisotopic (exact) mass is 404 g/mol. The zero-order chi connectivity index (χ0) is 21.6. The van der Waals surface area contributed by atoms with E-state index in [1.54, 1.807) is 12.1 Å². The molecule has 158 valence electrons. The van der Waals surface area contributed by atoms with E-state index in [1.807, 2.05) is 0 Å². The van der Waals surface area contributed by atoms with Gasteiger partial charge >= 0.3 is 6.18 Å². The van der Waals surface area contributed by atoms with Crippen LogP contribution in [0.25, 0.3) is 0 Å². The summed E-state index contributed by atoms with van der Waals surface area (Å²) in [5.41, 5.74) is 5.91. The maximum Gasteiger partial charge on any atom is 0.414 e. The number of rotatable bonds is 9. The van der Waals surface area contributed by atoms with Gasteiger partial charge in [-0.05, 0) is 30.5 Å². The van der Waals surface area contributed by atoms with E-state index in [-0.39, 0.29) is 0 Å². The first-order chi connectivity index (χ1) is 12.9. The van der Waals surface area contributed by atoms with Gasteiger partial charge in [0.2, 0.25) is 5.91 Å². The number of hydrogen-bond acceptors (Lipinski definition) is 5. The Hall–Kier alpha value is -2.13. The van der Waals surface area contributed by atoms with E-state index in [0.717, 1.165) is 0 Å². The predicted molar refractivity (Wildman–Crippen MR) is 97.5 cm³/mol. The summed E-state index contributed by atoms with van der Waals surface area (Å²) in [6, 6.07) is 4.11. The van der Waals surface area contributed by atoms with Crippen LogP contribution in [0.15, 0.2) is 24.3 Å². The van der Waals surface area contributed by atoms with Gasteiger partial charge in [0.15, 0.2) is 11.9 Å². The molecule has 1 rings (SSSR count). The minimum absolute atomic E-state index is 0.379. The van der Waals surface area contributed by atoms with E-state index in [1.165, 1.54) is 40.0 Å². The molecule has 0 unspecified atom stereocenters. The number of aliphatic hydroxyl groups is 1. The minimum Gasteiger partial charge on any atom is -0.497 e. The summed E-state index contributed by atoms with van der Waals surface area (Å²) in [6.07, 6.45) is -8.05. The van der Waals surface area contributed by atoms with Crippen molar-refractivity contribution < 1.29 is 32.6 Å². The van der Waals surface area contributed by atoms with Crippen molar-refractivity contribution >= 4 is 11.7 Å². The summed E-state index contributed by atoms with van der Waals surface area (Å²) >= 11 is 0. The molecule has 0 aliphatic carbocycles. The third-order valence-corrected chi connectivity index (χ3v) is 4.51. The van der Waals surface area contributed by atoms with Crippen molar-refractivity contribution in [3.63, 3.8) is 0 Å². The first-order valence-corrected chi connectivity index (χ1v) is 8.85. The number of hydrogen-bond donors (Lipinski definition) is 3. The number of Topliss-reactive ketones (excluding diaryl/α,β-unsaturated/α-hetero) is 1. The fraction of sp³-hybridized carbons (Fsp3) is 0.579. The van der Waals surface area contributed by atoms with E-state index in [4.69, 9.17) is 10.5 Å². The number of aliphatic hydroxyl groups excluding tert-OH is 1. The highest BCUT2D eigenvalue weighted by atomic mass is 19.4. The average Bonchev–Trinajstić information content (AvgIpc) is 2.62. The molecule has 1 aromatic carbocycles. The van der Waals surface area contributed by atoms with Gasteiger partial charge in [0.05, 0.1) is 13.2 Å². The van der Waals surface area contributed by atoms with Crippen molar-refractivity contribution in [1.29, 1.82) is 0 Å². The van der Waals surface area contributed by atoms with Gasteiger partial charge in [0.1, 0.15) is 11.8 Å². The lowest BCUT2D eigenvalue weighted by Gasteiger charge is -2.29. The number of ketones is 1. The second kappa shape index (κ2) is 9.88. The summed E-state index contributed by atoms with van der Waals surface area (Å²) in [4.78, 5) is 24.9. The molecule has 0 aliphatic heterocycles. The fourth-order valence-electron chi connectivity index (χ4n) is 2.72. The van der Waals surface area contributed by atoms with Crippen molar-refractivity contribution in [2.24, 2.45) is 17.6 Å². The smallest absolute Gasteiger partial charge is 0.414 e. The van der Waals surface area contributed by atoms with Gasteiger partial charge in [0, 0.05) is 12.3 Å². The molecule has 1 aromatic rings. The third-order valence-electron chi connectivity index (χ3n) is 4.51. The van der Waals surface area contributed by atoms with Crippen LogP contribution in [-0.2, 0) is 9.59 Å². The molecule has 4 atom stereocenters. The molecule has 0 radical (unpaired) electrons. The molecule has 0 spiro atoms. The normalized spacial score (nSPS) is 16.2. The maximum atomic E-state index is 13.0. The predicted octanol–water partition coefficient (Wildman–Crippen LogP) is 2.35. The van der Waals surface area contributed by atoms with Crippen LogP contribution in [0.5, 0.6) is 5.75 Å². The van der Waals surface area contributed by atoms with Crippen LogP contribution < -0.4 is 15.8 Å². The number of alkyl halides is 3. The highest BCUT2D eigenvalue weighted by Crippen LogP contribution is 2.33. The number of amides is 1. The van der Waals surface area contributed by atoms with Gasteiger partial charge in [-0.3, -0.25) is 9.59 Å². The summed E-state index contributed by atoms with van der Waals surface area (Å²) in [6.45, 7) is 4.42. The van der Waals surface area contributed by atoms with Gasteiger partial charge in [0.25, 0.3) is 0 Å². The summed E-state index contributed by atoms with van der Waals surface area (Å²) in [5.74, 6) is -2.71. The van der Waals surface area contributed by atoms with Crippen molar-refractivity contribution in [3.05, 3.63) is 29.8 Å². The largest absolute Gasteiger partial charge is 0.497 e. The second-order valence-corrected chi connectivity index (χ2v) is 7.07. The number of carbonyl (C=O) groups excluding carboxylic acids is 2. The molecular weight excluding hydrogens is 377 g/mol. The van der Waals surface area contributed by atoms with Crippen molar-refractivity contribution in [2.45, 2.75) is 51.6 Å².